The molecule has 3 amide bonds. The Morgan fingerprint density at radius 3 is 2.88 bits per heavy atom. The highest BCUT2D eigenvalue weighted by Crippen LogP contribution is 2.32. The first-order chi connectivity index (χ1) is 15.4. The van der Waals surface area contributed by atoms with Gasteiger partial charge in [0.05, 0.1) is 24.5 Å². The van der Waals surface area contributed by atoms with Gasteiger partial charge < -0.3 is 25.4 Å². The van der Waals surface area contributed by atoms with Crippen LogP contribution in [-0.2, 0) is 16.0 Å². The summed E-state index contributed by atoms with van der Waals surface area (Å²) in [6.45, 7) is 1.37. The highest BCUT2D eigenvalue weighted by molar-refractivity contribution is 6.06. The zero-order chi connectivity index (χ0) is 22.9. The van der Waals surface area contributed by atoms with Gasteiger partial charge in [0.2, 0.25) is 6.41 Å². The fraction of sp³-hybridized carbons (Fsp3) is 0.364. The minimum absolute atomic E-state index is 0.0895. The molecule has 1 aromatic carbocycles. The molecule has 1 unspecified atom stereocenters. The van der Waals surface area contributed by atoms with Crippen LogP contribution in [0.5, 0.6) is 5.75 Å². The number of carbonyl (C=O) groups excluding carboxylic acids is 3. The Hall–Kier alpha value is -3.84. The van der Waals surface area contributed by atoms with Crippen LogP contribution in [0.3, 0.4) is 0 Å². The van der Waals surface area contributed by atoms with Crippen LogP contribution in [-0.4, -0.2) is 72.4 Å². The van der Waals surface area contributed by atoms with Crippen LogP contribution in [0.25, 0.3) is 5.69 Å². The van der Waals surface area contributed by atoms with Crippen molar-refractivity contribution in [2.24, 2.45) is 5.73 Å². The fourth-order valence-corrected chi connectivity index (χ4v) is 3.52. The Labute approximate surface area is 184 Å². The van der Waals surface area contributed by atoms with Gasteiger partial charge in [-0.15, -0.1) is 0 Å². The maximum Gasteiger partial charge on any atom is 0.270 e. The van der Waals surface area contributed by atoms with Gasteiger partial charge in [0, 0.05) is 39.0 Å². The Bertz CT molecular complexity index is 1160. The van der Waals surface area contributed by atoms with Crippen molar-refractivity contribution < 1.29 is 23.9 Å². The van der Waals surface area contributed by atoms with Crippen molar-refractivity contribution in [3.05, 3.63) is 40.7 Å². The number of benzene rings is 1. The average Bonchev–Trinajstić information content (AvgIpc) is 3.51. The number of ether oxygens (including phenoxy) is 2. The lowest BCUT2D eigenvalue weighted by Gasteiger charge is -2.11. The molecule has 166 valence electrons. The first-order valence-electron chi connectivity index (χ1n) is 10.1. The van der Waals surface area contributed by atoms with Crippen molar-refractivity contribution >= 4 is 18.2 Å². The SMILES string of the molecule is CNC(=O)c1c(C(N)=O)nn2c1CCOc1ccc(C#CC3(CCN(C)C=O)CO3)cc1-2. The number of carbonyl (C=O) groups is 3. The van der Waals surface area contributed by atoms with E-state index in [2.05, 4.69) is 22.3 Å². The maximum absolute atomic E-state index is 12.4. The third-order valence-corrected chi connectivity index (χ3v) is 5.43. The summed E-state index contributed by atoms with van der Waals surface area (Å²) in [6.07, 6.45) is 1.76. The van der Waals surface area contributed by atoms with E-state index in [9.17, 15) is 14.4 Å². The first kappa shape index (κ1) is 21.4. The third kappa shape index (κ3) is 4.02. The number of hydrogen-bond donors (Lipinski definition) is 2. The Morgan fingerprint density at radius 1 is 1.44 bits per heavy atom. The first-order valence-corrected chi connectivity index (χ1v) is 10.1. The van der Waals surface area contributed by atoms with Crippen LogP contribution in [0.2, 0.25) is 0 Å². The van der Waals surface area contributed by atoms with E-state index in [1.807, 2.05) is 6.07 Å². The smallest absolute Gasteiger partial charge is 0.270 e. The van der Waals surface area contributed by atoms with E-state index < -0.39 is 17.4 Å². The standard InChI is InChI=1S/C22H23N5O5/c1-24-21(30)18-15-6-10-31-17-4-3-14(11-16(17)27(15)25-19(18)20(23)29)5-7-22(12-32-22)8-9-26(2)13-28/h3-4,11,13H,6,8-10,12H2,1-2H3,(H2,23,29)(H,24,30). The summed E-state index contributed by atoms with van der Waals surface area (Å²) in [5, 5.41) is 6.87. The van der Waals surface area contributed by atoms with E-state index in [1.54, 1.807) is 24.1 Å². The van der Waals surface area contributed by atoms with Gasteiger partial charge in [-0.25, -0.2) is 4.68 Å². The summed E-state index contributed by atoms with van der Waals surface area (Å²) in [4.78, 5) is 36.7. The molecule has 0 saturated carbocycles. The number of fused-ring (bicyclic) bond motifs is 3. The van der Waals surface area contributed by atoms with Gasteiger partial charge in [0.1, 0.15) is 11.4 Å². The molecular weight excluding hydrogens is 414 g/mol. The second-order valence-corrected chi connectivity index (χ2v) is 7.68. The predicted octanol–water partition coefficient (Wildman–Crippen LogP) is -0.135. The number of nitrogens with two attached hydrogens (primary N) is 1. The summed E-state index contributed by atoms with van der Waals surface area (Å²) in [5.41, 5.74) is 6.79. The highest BCUT2D eigenvalue weighted by atomic mass is 16.6. The highest BCUT2D eigenvalue weighted by Gasteiger charge is 2.43. The Balaban J connectivity index is 1.71. The summed E-state index contributed by atoms with van der Waals surface area (Å²) < 4.78 is 12.9. The van der Waals surface area contributed by atoms with Crippen molar-refractivity contribution in [3.63, 3.8) is 0 Å². The van der Waals surface area contributed by atoms with Crippen LogP contribution in [0.4, 0.5) is 0 Å². The molecule has 1 atom stereocenters. The van der Waals surface area contributed by atoms with Crippen molar-refractivity contribution in [2.45, 2.75) is 18.4 Å². The molecule has 1 aromatic heterocycles. The number of primary amides is 1. The normalized spacial score (nSPS) is 18.1. The molecule has 10 heteroatoms. The Morgan fingerprint density at radius 2 is 2.22 bits per heavy atom. The fourth-order valence-electron chi connectivity index (χ4n) is 3.52. The molecule has 1 saturated heterocycles. The number of epoxide rings is 1. The largest absolute Gasteiger partial charge is 0.491 e. The van der Waals surface area contributed by atoms with Crippen LogP contribution in [0, 0.1) is 11.8 Å². The van der Waals surface area contributed by atoms with E-state index in [-0.39, 0.29) is 11.3 Å². The van der Waals surface area contributed by atoms with E-state index in [4.69, 9.17) is 15.2 Å². The molecule has 2 aliphatic rings. The van der Waals surface area contributed by atoms with Crippen LogP contribution in [0.1, 0.15) is 38.5 Å². The van der Waals surface area contributed by atoms with Crippen molar-refractivity contribution in [2.75, 3.05) is 33.9 Å². The number of amides is 3. The summed E-state index contributed by atoms with van der Waals surface area (Å²) in [7, 11) is 3.19. The minimum Gasteiger partial charge on any atom is -0.491 e. The van der Waals surface area contributed by atoms with Gasteiger partial charge in [-0.05, 0) is 18.2 Å². The summed E-state index contributed by atoms with van der Waals surface area (Å²) >= 11 is 0. The predicted molar refractivity (Wildman–Crippen MR) is 114 cm³/mol. The minimum atomic E-state index is -0.782. The molecule has 3 N–H and O–H groups in total. The van der Waals surface area contributed by atoms with Gasteiger partial charge in [0.25, 0.3) is 11.8 Å². The lowest BCUT2D eigenvalue weighted by atomic mass is 10.1. The molecule has 4 rings (SSSR count). The van der Waals surface area contributed by atoms with Gasteiger partial charge in [-0.1, -0.05) is 11.8 Å². The van der Waals surface area contributed by atoms with Gasteiger partial charge >= 0.3 is 0 Å². The number of rotatable bonds is 6. The average molecular weight is 437 g/mol. The summed E-state index contributed by atoms with van der Waals surface area (Å²) in [5.74, 6) is 5.61. The molecule has 0 bridgehead atoms. The van der Waals surface area contributed by atoms with E-state index in [0.29, 0.717) is 55.3 Å². The second-order valence-electron chi connectivity index (χ2n) is 7.68. The molecule has 2 aromatic rings. The second kappa shape index (κ2) is 8.36. The van der Waals surface area contributed by atoms with Gasteiger partial charge in [-0.2, -0.15) is 5.10 Å². The van der Waals surface area contributed by atoms with Crippen LogP contribution < -0.4 is 15.8 Å². The van der Waals surface area contributed by atoms with E-state index >= 15 is 0 Å². The molecule has 10 nitrogen and oxygen atoms in total. The molecule has 1 fully saturated rings. The van der Waals surface area contributed by atoms with Crippen molar-refractivity contribution in [1.29, 1.82) is 0 Å². The Kier molecular flexibility index (Phi) is 5.59. The summed E-state index contributed by atoms with van der Waals surface area (Å²) in [6, 6.07) is 5.39. The number of nitrogens with zero attached hydrogens (tertiary/aromatic N) is 3. The molecule has 32 heavy (non-hydrogen) atoms. The van der Waals surface area contributed by atoms with E-state index in [1.165, 1.54) is 11.7 Å². The van der Waals surface area contributed by atoms with Crippen LogP contribution in [0.15, 0.2) is 18.2 Å². The van der Waals surface area contributed by atoms with Gasteiger partial charge in [-0.3, -0.25) is 14.4 Å². The zero-order valence-corrected chi connectivity index (χ0v) is 17.8. The molecular formula is C22H23N5O5. The zero-order valence-electron chi connectivity index (χ0n) is 17.8. The number of hydrogen-bond acceptors (Lipinski definition) is 6. The van der Waals surface area contributed by atoms with Crippen molar-refractivity contribution in [3.8, 4) is 23.3 Å². The molecule has 0 radical (unpaired) electrons. The molecule has 3 heterocycles. The monoisotopic (exact) mass is 437 g/mol. The molecule has 0 spiro atoms. The van der Waals surface area contributed by atoms with Crippen LogP contribution >= 0.6 is 0 Å². The third-order valence-electron chi connectivity index (χ3n) is 5.43. The van der Waals surface area contributed by atoms with Crippen molar-refractivity contribution in [1.82, 2.24) is 20.0 Å². The lowest BCUT2D eigenvalue weighted by Crippen LogP contribution is -2.24. The number of aromatic nitrogens is 2. The molecule has 2 aliphatic heterocycles. The number of nitrogens with one attached hydrogen (secondary N) is 1. The van der Waals surface area contributed by atoms with Gasteiger partial charge in [0.15, 0.2) is 11.3 Å². The topological polar surface area (TPSA) is 132 Å². The lowest BCUT2D eigenvalue weighted by molar-refractivity contribution is -0.117. The van der Waals surface area contributed by atoms with E-state index in [0.717, 1.165) is 6.41 Å². The quantitative estimate of drug-likeness (QED) is 0.367. The molecule has 0 aliphatic carbocycles. The maximum atomic E-state index is 12.4.